The zero-order valence-electron chi connectivity index (χ0n) is 19.3. The Labute approximate surface area is 204 Å². The number of piperidine rings is 1. The first kappa shape index (κ1) is 23.0. The van der Waals surface area contributed by atoms with Gasteiger partial charge in [-0.15, -0.1) is 11.3 Å². The number of rotatable bonds is 5. The summed E-state index contributed by atoms with van der Waals surface area (Å²) in [6.07, 6.45) is 2.67. The Balaban J connectivity index is 1.42. The summed E-state index contributed by atoms with van der Waals surface area (Å²) in [6.45, 7) is 5.31. The number of aliphatic imine (C=N–C) groups is 1. The smallest absolute Gasteiger partial charge is 0.263 e. The van der Waals surface area contributed by atoms with E-state index in [1.54, 1.807) is 35.6 Å². The van der Waals surface area contributed by atoms with E-state index in [1.165, 1.54) is 0 Å². The summed E-state index contributed by atoms with van der Waals surface area (Å²) in [5.74, 6) is 0.386. The molecule has 0 aliphatic carbocycles. The maximum Gasteiger partial charge on any atom is 0.263 e. The second-order valence-electron chi connectivity index (χ2n) is 9.05. The van der Waals surface area contributed by atoms with Gasteiger partial charge in [-0.3, -0.25) is 14.5 Å². The number of benzene rings is 2. The van der Waals surface area contributed by atoms with Crippen LogP contribution in [0.25, 0.3) is 10.2 Å². The van der Waals surface area contributed by atoms with Gasteiger partial charge < -0.3 is 4.90 Å². The minimum absolute atomic E-state index is 0.0277. The van der Waals surface area contributed by atoms with E-state index in [4.69, 9.17) is 9.98 Å². The van der Waals surface area contributed by atoms with Gasteiger partial charge in [0.15, 0.2) is 0 Å². The van der Waals surface area contributed by atoms with Gasteiger partial charge in [0.2, 0.25) is 5.91 Å². The Bertz CT molecular complexity index is 1330. The summed E-state index contributed by atoms with van der Waals surface area (Å²) in [7, 11) is -3.65. The number of sulfonamides is 1. The highest BCUT2D eigenvalue weighted by molar-refractivity contribution is 7.90. The van der Waals surface area contributed by atoms with Gasteiger partial charge in [-0.05, 0) is 43.0 Å². The zero-order chi connectivity index (χ0) is 23.9. The summed E-state index contributed by atoms with van der Waals surface area (Å²) in [6, 6.07) is 14.2. The third-order valence-corrected chi connectivity index (χ3v) is 9.36. The van der Waals surface area contributed by atoms with Crippen molar-refractivity contribution in [3.8, 4) is 0 Å². The quantitative estimate of drug-likeness (QED) is 0.574. The van der Waals surface area contributed by atoms with Crippen LogP contribution in [-0.2, 0) is 14.8 Å². The fourth-order valence-electron chi connectivity index (χ4n) is 4.65. The third kappa shape index (κ3) is 4.22. The summed E-state index contributed by atoms with van der Waals surface area (Å²) in [5, 5.41) is 1.07. The Hall–Kier alpha value is -2.78. The first-order chi connectivity index (χ1) is 16.4. The summed E-state index contributed by atoms with van der Waals surface area (Å²) < 4.78 is 28.8. The first-order valence-electron chi connectivity index (χ1n) is 11.7. The predicted molar refractivity (Wildman–Crippen MR) is 135 cm³/mol. The van der Waals surface area contributed by atoms with E-state index in [0.717, 1.165) is 34.5 Å². The van der Waals surface area contributed by atoms with Crippen LogP contribution in [0.3, 0.4) is 0 Å². The number of amidine groups is 1. The van der Waals surface area contributed by atoms with Gasteiger partial charge in [-0.2, -0.15) is 0 Å². The van der Waals surface area contributed by atoms with E-state index in [2.05, 4.69) is 10.8 Å². The van der Waals surface area contributed by atoms with Gasteiger partial charge in [0, 0.05) is 24.6 Å². The molecule has 0 bridgehead atoms. The Morgan fingerprint density at radius 3 is 2.79 bits per heavy atom. The van der Waals surface area contributed by atoms with Crippen LogP contribution in [0, 0.1) is 5.92 Å². The van der Waals surface area contributed by atoms with E-state index in [-0.39, 0.29) is 28.5 Å². The number of thiazole rings is 1. The molecular weight excluding hydrogens is 468 g/mol. The van der Waals surface area contributed by atoms with E-state index >= 15 is 0 Å². The molecule has 0 radical (unpaired) electrons. The molecule has 9 heteroatoms. The molecule has 5 rings (SSSR count). The van der Waals surface area contributed by atoms with Gasteiger partial charge in [0.05, 0.1) is 20.1 Å². The standard InChI is InChI=1S/C25H28N4O3S2/c1-3-16(2)22(27-23-18-10-4-7-13-21(18)34(31,32)28-23)25(30)29-14-8-9-17(15-29)24-26-19-11-5-6-12-20(19)33-24/h4-7,10-13,16-17,22H,3,8-9,14-15H2,1-2H3,(H,27,28)/t16-,17+,22-/m0/s1. The van der Waals surface area contributed by atoms with Crippen molar-refractivity contribution in [2.75, 3.05) is 13.1 Å². The monoisotopic (exact) mass is 496 g/mol. The number of hydrogen-bond acceptors (Lipinski definition) is 6. The van der Waals surface area contributed by atoms with Crippen molar-refractivity contribution in [2.45, 2.75) is 50.0 Å². The number of hydrogen-bond donors (Lipinski definition) is 1. The van der Waals surface area contributed by atoms with E-state index in [1.807, 2.05) is 36.9 Å². The van der Waals surface area contributed by atoms with Crippen LogP contribution in [0.4, 0.5) is 0 Å². The number of nitrogens with one attached hydrogen (secondary N) is 1. The molecule has 178 valence electrons. The largest absolute Gasteiger partial charge is 0.340 e. The minimum Gasteiger partial charge on any atom is -0.340 e. The first-order valence-corrected chi connectivity index (χ1v) is 14.0. The molecule has 1 saturated heterocycles. The van der Waals surface area contributed by atoms with Crippen molar-refractivity contribution in [2.24, 2.45) is 10.9 Å². The zero-order valence-corrected chi connectivity index (χ0v) is 20.9. The van der Waals surface area contributed by atoms with Gasteiger partial charge in [0.25, 0.3) is 10.0 Å². The number of fused-ring (bicyclic) bond motifs is 2. The number of amides is 1. The molecule has 2 aromatic carbocycles. The number of para-hydroxylation sites is 1. The van der Waals surface area contributed by atoms with Crippen molar-refractivity contribution in [1.82, 2.24) is 14.6 Å². The molecule has 3 atom stereocenters. The molecule has 0 unspecified atom stereocenters. The molecule has 2 aliphatic rings. The maximum atomic E-state index is 13.7. The lowest BCUT2D eigenvalue weighted by Crippen LogP contribution is -2.46. The maximum absolute atomic E-state index is 13.7. The van der Waals surface area contributed by atoms with Crippen molar-refractivity contribution in [3.63, 3.8) is 0 Å². The molecule has 0 saturated carbocycles. The van der Waals surface area contributed by atoms with Crippen LogP contribution >= 0.6 is 11.3 Å². The van der Waals surface area contributed by atoms with Gasteiger partial charge in [0.1, 0.15) is 11.9 Å². The normalized spacial score (nSPS) is 22.4. The van der Waals surface area contributed by atoms with Crippen LogP contribution < -0.4 is 4.72 Å². The molecule has 7 nitrogen and oxygen atoms in total. The van der Waals surface area contributed by atoms with Crippen molar-refractivity contribution >= 4 is 43.3 Å². The van der Waals surface area contributed by atoms with Crippen LogP contribution in [0.15, 0.2) is 58.4 Å². The summed E-state index contributed by atoms with van der Waals surface area (Å²) in [4.78, 5) is 25.4. The van der Waals surface area contributed by atoms with Crippen LogP contribution in [0.1, 0.15) is 49.6 Å². The average molecular weight is 497 g/mol. The lowest BCUT2D eigenvalue weighted by atomic mass is 9.94. The molecule has 1 N–H and O–H groups in total. The van der Waals surface area contributed by atoms with Crippen LogP contribution in [-0.4, -0.2) is 49.2 Å². The van der Waals surface area contributed by atoms with Crippen molar-refractivity contribution in [1.29, 1.82) is 0 Å². The lowest BCUT2D eigenvalue weighted by molar-refractivity contribution is -0.134. The summed E-state index contributed by atoms with van der Waals surface area (Å²) >= 11 is 1.70. The van der Waals surface area contributed by atoms with Crippen molar-refractivity contribution < 1.29 is 13.2 Å². The highest BCUT2D eigenvalue weighted by Crippen LogP contribution is 2.34. The van der Waals surface area contributed by atoms with E-state index < -0.39 is 16.1 Å². The predicted octanol–water partition coefficient (Wildman–Crippen LogP) is 4.16. The molecule has 0 spiro atoms. The highest BCUT2D eigenvalue weighted by atomic mass is 32.2. The molecule has 1 fully saturated rings. The fourth-order valence-corrected chi connectivity index (χ4v) is 6.98. The van der Waals surface area contributed by atoms with E-state index in [0.29, 0.717) is 18.7 Å². The Morgan fingerprint density at radius 2 is 2.00 bits per heavy atom. The number of carbonyl (C=O) groups is 1. The SMILES string of the molecule is CC[C@H](C)[C@H](N=C1NS(=O)(=O)c2ccccc21)C(=O)N1CCC[C@@H](c2nc3ccccc3s2)C1. The van der Waals surface area contributed by atoms with Gasteiger partial charge in [-0.25, -0.2) is 13.4 Å². The molecule has 3 heterocycles. The third-order valence-electron chi connectivity index (χ3n) is 6.76. The second kappa shape index (κ2) is 9.11. The minimum atomic E-state index is -3.65. The summed E-state index contributed by atoms with van der Waals surface area (Å²) in [5.41, 5.74) is 1.52. The lowest BCUT2D eigenvalue weighted by Gasteiger charge is -2.34. The fraction of sp³-hybridized carbons (Fsp3) is 0.400. The number of aromatic nitrogens is 1. The average Bonchev–Trinajstić information content (AvgIpc) is 3.40. The highest BCUT2D eigenvalue weighted by Gasteiger charge is 2.36. The Kier molecular flexibility index (Phi) is 6.16. The second-order valence-corrected chi connectivity index (χ2v) is 11.8. The van der Waals surface area contributed by atoms with Crippen LogP contribution in [0.2, 0.25) is 0 Å². The number of likely N-dealkylation sites (tertiary alicyclic amines) is 1. The van der Waals surface area contributed by atoms with E-state index in [9.17, 15) is 13.2 Å². The molecule has 1 amide bonds. The van der Waals surface area contributed by atoms with Crippen molar-refractivity contribution in [3.05, 3.63) is 59.1 Å². The molecule has 2 aliphatic heterocycles. The molecular formula is C25H28N4O3S2. The Morgan fingerprint density at radius 1 is 1.24 bits per heavy atom. The number of nitrogens with zero attached hydrogens (tertiary/aromatic N) is 3. The van der Waals surface area contributed by atoms with Crippen LogP contribution in [0.5, 0.6) is 0 Å². The molecule has 3 aromatic rings. The molecule has 1 aromatic heterocycles. The topological polar surface area (TPSA) is 91.7 Å². The molecule has 34 heavy (non-hydrogen) atoms. The van der Waals surface area contributed by atoms with Gasteiger partial charge >= 0.3 is 0 Å². The van der Waals surface area contributed by atoms with Gasteiger partial charge in [-0.1, -0.05) is 44.5 Å². The number of carbonyl (C=O) groups excluding carboxylic acids is 1.